The molecule has 0 spiro atoms. The van der Waals surface area contributed by atoms with Crippen molar-refractivity contribution in [1.29, 1.82) is 0 Å². The van der Waals surface area contributed by atoms with Crippen molar-refractivity contribution >= 4 is 27.6 Å². The van der Waals surface area contributed by atoms with Crippen molar-refractivity contribution in [3.8, 4) is 0 Å². The van der Waals surface area contributed by atoms with Crippen LogP contribution in [0.2, 0.25) is 0 Å². The average molecular weight is 470 g/mol. The first-order chi connectivity index (χ1) is 15.8. The van der Waals surface area contributed by atoms with Crippen molar-refractivity contribution in [3.05, 3.63) is 64.7 Å². The van der Waals surface area contributed by atoms with E-state index in [1.807, 2.05) is 12.1 Å². The van der Waals surface area contributed by atoms with Gasteiger partial charge in [0.25, 0.3) is 5.91 Å². The number of nitrogens with zero attached hydrogens (tertiary/aromatic N) is 1. The van der Waals surface area contributed by atoms with Crippen molar-refractivity contribution in [2.75, 3.05) is 13.1 Å². The lowest BCUT2D eigenvalue weighted by Gasteiger charge is -2.15. The van der Waals surface area contributed by atoms with E-state index in [0.717, 1.165) is 32.1 Å². The molecule has 0 aromatic heterocycles. The van der Waals surface area contributed by atoms with Gasteiger partial charge in [0.1, 0.15) is 0 Å². The van der Waals surface area contributed by atoms with Crippen molar-refractivity contribution in [2.45, 2.75) is 49.8 Å². The molecule has 1 fully saturated rings. The average Bonchev–Trinajstić information content (AvgIpc) is 3.53. The predicted molar refractivity (Wildman–Crippen MR) is 122 cm³/mol. The Balaban J connectivity index is 1.25. The molecular formula is C24H27N3O5S. The predicted octanol–water partition coefficient (Wildman–Crippen LogP) is 2.38. The van der Waals surface area contributed by atoms with E-state index in [1.54, 1.807) is 6.07 Å². The topological polar surface area (TPSA) is 113 Å². The van der Waals surface area contributed by atoms with Crippen LogP contribution in [-0.2, 0) is 27.7 Å². The van der Waals surface area contributed by atoms with Gasteiger partial charge < -0.3 is 0 Å². The first kappa shape index (κ1) is 23.1. The SMILES string of the molecule is O=C(CCC(=O)c1ccc2c(c1)CCC2)NNC(=O)c1ccc(S(=O)(=O)N2CCCC2)cc1. The number of rotatable bonds is 7. The van der Waals surface area contributed by atoms with Crippen LogP contribution in [0.4, 0.5) is 0 Å². The van der Waals surface area contributed by atoms with Crippen molar-refractivity contribution in [3.63, 3.8) is 0 Å². The Kier molecular flexibility index (Phi) is 6.90. The quantitative estimate of drug-likeness (QED) is 0.478. The number of carbonyl (C=O) groups is 3. The smallest absolute Gasteiger partial charge is 0.269 e. The van der Waals surface area contributed by atoms with E-state index in [-0.39, 0.29) is 29.1 Å². The molecule has 0 unspecified atom stereocenters. The Hall–Kier alpha value is -3.04. The maximum atomic E-state index is 12.6. The van der Waals surface area contributed by atoms with Crippen LogP contribution in [-0.4, -0.2) is 43.4 Å². The zero-order valence-electron chi connectivity index (χ0n) is 18.3. The second kappa shape index (κ2) is 9.84. The van der Waals surface area contributed by atoms with Gasteiger partial charge in [0.15, 0.2) is 5.78 Å². The van der Waals surface area contributed by atoms with Gasteiger partial charge in [-0.2, -0.15) is 4.31 Å². The summed E-state index contributed by atoms with van der Waals surface area (Å²) in [6.45, 7) is 1.01. The van der Waals surface area contributed by atoms with Crippen LogP contribution in [0.1, 0.15) is 63.9 Å². The van der Waals surface area contributed by atoms with E-state index in [4.69, 9.17) is 0 Å². The summed E-state index contributed by atoms with van der Waals surface area (Å²) in [4.78, 5) is 36.9. The number of amides is 2. The van der Waals surface area contributed by atoms with Gasteiger partial charge in [-0.25, -0.2) is 8.42 Å². The lowest BCUT2D eigenvalue weighted by Crippen LogP contribution is -2.41. The molecule has 1 saturated heterocycles. The molecule has 9 heteroatoms. The summed E-state index contributed by atoms with van der Waals surface area (Å²) in [6.07, 6.45) is 4.81. The number of fused-ring (bicyclic) bond motifs is 1. The molecule has 1 aliphatic carbocycles. The van der Waals surface area contributed by atoms with Gasteiger partial charge in [-0.05, 0) is 73.6 Å². The lowest BCUT2D eigenvalue weighted by molar-refractivity contribution is -0.121. The minimum Gasteiger partial charge on any atom is -0.294 e. The van der Waals surface area contributed by atoms with Gasteiger partial charge in [-0.3, -0.25) is 25.2 Å². The second-order valence-corrected chi connectivity index (χ2v) is 10.3. The number of ketones is 1. The van der Waals surface area contributed by atoms with Gasteiger partial charge in [0.05, 0.1) is 4.90 Å². The number of hydrogen-bond donors (Lipinski definition) is 2. The third kappa shape index (κ3) is 5.31. The van der Waals surface area contributed by atoms with E-state index < -0.39 is 21.8 Å². The van der Waals surface area contributed by atoms with E-state index >= 15 is 0 Å². The van der Waals surface area contributed by atoms with Crippen LogP contribution in [0.25, 0.3) is 0 Å². The first-order valence-corrected chi connectivity index (χ1v) is 12.6. The third-order valence-corrected chi connectivity index (χ3v) is 8.05. The summed E-state index contributed by atoms with van der Waals surface area (Å²) < 4.78 is 26.5. The normalized spacial score (nSPS) is 15.8. The number of hydrazine groups is 1. The van der Waals surface area contributed by atoms with Crippen LogP contribution in [0.5, 0.6) is 0 Å². The fourth-order valence-electron chi connectivity index (χ4n) is 4.23. The summed E-state index contributed by atoms with van der Waals surface area (Å²) in [5.74, 6) is -1.16. The Morgan fingerprint density at radius 2 is 1.45 bits per heavy atom. The molecule has 2 aromatic carbocycles. The Labute approximate surface area is 193 Å². The summed E-state index contributed by atoms with van der Waals surface area (Å²) in [6, 6.07) is 11.3. The van der Waals surface area contributed by atoms with Gasteiger partial charge >= 0.3 is 0 Å². The summed E-state index contributed by atoms with van der Waals surface area (Å²) in [7, 11) is -3.55. The minimum atomic E-state index is -3.55. The number of hydrogen-bond acceptors (Lipinski definition) is 5. The van der Waals surface area contributed by atoms with Crippen LogP contribution in [0, 0.1) is 0 Å². The maximum absolute atomic E-state index is 12.6. The highest BCUT2D eigenvalue weighted by Crippen LogP contribution is 2.24. The molecule has 8 nitrogen and oxygen atoms in total. The molecule has 2 amide bonds. The molecule has 2 aliphatic rings. The van der Waals surface area contributed by atoms with Crippen LogP contribution >= 0.6 is 0 Å². The molecular weight excluding hydrogens is 442 g/mol. The van der Waals surface area contributed by atoms with Gasteiger partial charge in [-0.1, -0.05) is 12.1 Å². The Bertz CT molecular complexity index is 1170. The molecule has 0 atom stereocenters. The highest BCUT2D eigenvalue weighted by molar-refractivity contribution is 7.89. The van der Waals surface area contributed by atoms with Crippen LogP contribution in [0.3, 0.4) is 0 Å². The Morgan fingerprint density at radius 3 is 2.18 bits per heavy atom. The molecule has 0 saturated carbocycles. The zero-order valence-corrected chi connectivity index (χ0v) is 19.1. The number of carbonyl (C=O) groups excluding carboxylic acids is 3. The molecule has 2 N–H and O–H groups in total. The molecule has 2 aromatic rings. The monoisotopic (exact) mass is 469 g/mol. The number of Topliss-reactive ketones (excluding diaryl/α,β-unsaturated/α-hetero) is 1. The zero-order chi connectivity index (χ0) is 23.4. The standard InChI is InChI=1S/C24H27N3O5S/c28-22(20-7-6-17-4-3-5-19(17)16-20)12-13-23(29)25-26-24(30)18-8-10-21(11-9-18)33(31,32)27-14-1-2-15-27/h6-11,16H,1-5,12-15H2,(H,25,29)(H,26,30). The number of aryl methyl sites for hydroxylation is 2. The summed E-state index contributed by atoms with van der Waals surface area (Å²) >= 11 is 0. The number of sulfonamides is 1. The highest BCUT2D eigenvalue weighted by atomic mass is 32.2. The largest absolute Gasteiger partial charge is 0.294 e. The van der Waals surface area contributed by atoms with Crippen LogP contribution < -0.4 is 10.9 Å². The first-order valence-electron chi connectivity index (χ1n) is 11.2. The Morgan fingerprint density at radius 1 is 0.788 bits per heavy atom. The van der Waals surface area contributed by atoms with Gasteiger partial charge in [-0.15, -0.1) is 0 Å². The van der Waals surface area contributed by atoms with E-state index in [2.05, 4.69) is 10.9 Å². The number of benzene rings is 2. The summed E-state index contributed by atoms with van der Waals surface area (Å²) in [5.41, 5.74) is 7.91. The number of nitrogens with one attached hydrogen (secondary N) is 2. The molecule has 4 rings (SSSR count). The molecule has 1 heterocycles. The minimum absolute atomic E-state index is 0.0452. The van der Waals surface area contributed by atoms with Crippen LogP contribution in [0.15, 0.2) is 47.4 Å². The van der Waals surface area contributed by atoms with E-state index in [1.165, 1.54) is 39.7 Å². The maximum Gasteiger partial charge on any atom is 0.269 e. The fourth-order valence-corrected chi connectivity index (χ4v) is 5.75. The van der Waals surface area contributed by atoms with E-state index in [0.29, 0.717) is 18.7 Å². The van der Waals surface area contributed by atoms with Crippen molar-refractivity contribution in [1.82, 2.24) is 15.2 Å². The third-order valence-electron chi connectivity index (χ3n) is 6.13. The van der Waals surface area contributed by atoms with Gasteiger partial charge in [0, 0.05) is 37.1 Å². The second-order valence-electron chi connectivity index (χ2n) is 8.40. The molecule has 1 aliphatic heterocycles. The lowest BCUT2D eigenvalue weighted by atomic mass is 10.0. The molecule has 0 bridgehead atoms. The fraction of sp³-hybridized carbons (Fsp3) is 0.375. The molecule has 33 heavy (non-hydrogen) atoms. The highest BCUT2D eigenvalue weighted by Gasteiger charge is 2.27. The van der Waals surface area contributed by atoms with Crippen molar-refractivity contribution in [2.24, 2.45) is 0 Å². The molecule has 0 radical (unpaired) electrons. The van der Waals surface area contributed by atoms with Gasteiger partial charge in [0.2, 0.25) is 15.9 Å². The van der Waals surface area contributed by atoms with E-state index in [9.17, 15) is 22.8 Å². The summed E-state index contributed by atoms with van der Waals surface area (Å²) in [5, 5.41) is 0. The van der Waals surface area contributed by atoms with Crippen molar-refractivity contribution < 1.29 is 22.8 Å². The molecule has 174 valence electrons.